The highest BCUT2D eigenvalue weighted by molar-refractivity contribution is 5.86. The van der Waals surface area contributed by atoms with Gasteiger partial charge in [0.05, 0.1) is 0 Å². The van der Waals surface area contributed by atoms with Crippen molar-refractivity contribution < 1.29 is 14.7 Å². The largest absolute Gasteiger partial charge is 0.480 e. The van der Waals surface area contributed by atoms with E-state index in [-0.39, 0.29) is 17.9 Å². The molecule has 0 spiro atoms. The number of hydrogen-bond donors (Lipinski definition) is 1. The lowest BCUT2D eigenvalue weighted by Gasteiger charge is -2.43. The van der Waals surface area contributed by atoms with Gasteiger partial charge in [-0.1, -0.05) is 26.7 Å². The number of amides is 1. The summed E-state index contributed by atoms with van der Waals surface area (Å²) in [6.45, 7) is 4.44. The summed E-state index contributed by atoms with van der Waals surface area (Å²) in [4.78, 5) is 24.7. The molecular weight excluding hydrogens is 218 g/mol. The average Bonchev–Trinajstić information content (AvgIpc) is 2.21. The highest BCUT2D eigenvalue weighted by atomic mass is 16.4. The second-order valence-corrected chi connectivity index (χ2v) is 5.00. The Morgan fingerprint density at radius 3 is 2.24 bits per heavy atom. The van der Waals surface area contributed by atoms with Gasteiger partial charge in [0, 0.05) is 12.0 Å². The second kappa shape index (κ2) is 6.03. The van der Waals surface area contributed by atoms with E-state index in [9.17, 15) is 9.59 Å². The summed E-state index contributed by atoms with van der Waals surface area (Å²) < 4.78 is 0. The highest BCUT2D eigenvalue weighted by Gasteiger charge is 2.45. The lowest BCUT2D eigenvalue weighted by Crippen LogP contribution is -2.49. The normalized spacial score (nSPS) is 17.3. The molecule has 0 aromatic heterocycles. The van der Waals surface area contributed by atoms with Gasteiger partial charge in [-0.25, -0.2) is 0 Å². The van der Waals surface area contributed by atoms with Gasteiger partial charge in [-0.3, -0.25) is 9.59 Å². The zero-order valence-electron chi connectivity index (χ0n) is 10.9. The predicted molar refractivity (Wildman–Crippen MR) is 65.7 cm³/mol. The molecule has 17 heavy (non-hydrogen) atoms. The summed E-state index contributed by atoms with van der Waals surface area (Å²) in [6, 6.07) is 0. The lowest BCUT2D eigenvalue weighted by molar-refractivity contribution is -0.154. The van der Waals surface area contributed by atoms with Crippen LogP contribution >= 0.6 is 0 Å². The minimum absolute atomic E-state index is 0.0647. The molecule has 0 aliphatic heterocycles. The van der Waals surface area contributed by atoms with Crippen molar-refractivity contribution in [3.05, 3.63) is 0 Å². The first-order chi connectivity index (χ1) is 8.05. The van der Waals surface area contributed by atoms with Gasteiger partial charge in [-0.15, -0.1) is 0 Å². The van der Waals surface area contributed by atoms with Gasteiger partial charge in [0.1, 0.15) is 6.54 Å². The molecule has 1 saturated carbocycles. The lowest BCUT2D eigenvalue weighted by atomic mass is 9.65. The fourth-order valence-electron chi connectivity index (χ4n) is 2.67. The van der Waals surface area contributed by atoms with Crippen LogP contribution < -0.4 is 0 Å². The number of carboxylic acid groups (broad SMARTS) is 1. The van der Waals surface area contributed by atoms with Crippen molar-refractivity contribution in [3.63, 3.8) is 0 Å². The number of nitrogens with zero attached hydrogens (tertiary/aromatic N) is 1. The minimum Gasteiger partial charge on any atom is -0.480 e. The third kappa shape index (κ3) is 3.20. The van der Waals surface area contributed by atoms with Crippen LogP contribution in [0.1, 0.15) is 52.4 Å². The van der Waals surface area contributed by atoms with Gasteiger partial charge in [0.15, 0.2) is 0 Å². The first-order valence-electron chi connectivity index (χ1n) is 6.57. The average molecular weight is 241 g/mol. The van der Waals surface area contributed by atoms with E-state index in [1.165, 1.54) is 4.90 Å². The zero-order valence-corrected chi connectivity index (χ0v) is 10.9. The fraction of sp³-hybridized carbons (Fsp3) is 0.846. The van der Waals surface area contributed by atoms with Crippen molar-refractivity contribution in [1.82, 2.24) is 4.90 Å². The molecule has 0 saturated heterocycles. The van der Waals surface area contributed by atoms with Gasteiger partial charge >= 0.3 is 5.97 Å². The Labute approximate surface area is 103 Å². The predicted octanol–water partition coefficient (Wildman–Crippen LogP) is 2.28. The topological polar surface area (TPSA) is 57.6 Å². The van der Waals surface area contributed by atoms with Gasteiger partial charge in [-0.2, -0.15) is 0 Å². The molecule has 1 aliphatic rings. The van der Waals surface area contributed by atoms with Gasteiger partial charge in [0.25, 0.3) is 0 Å². The van der Waals surface area contributed by atoms with Crippen molar-refractivity contribution in [1.29, 1.82) is 0 Å². The van der Waals surface area contributed by atoms with Crippen LogP contribution in [0.4, 0.5) is 0 Å². The van der Waals surface area contributed by atoms with Crippen molar-refractivity contribution in [3.8, 4) is 0 Å². The molecule has 0 bridgehead atoms. The Balaban J connectivity index is 2.71. The molecule has 4 nitrogen and oxygen atoms in total. The monoisotopic (exact) mass is 241 g/mol. The SMILES string of the molecule is CCCN(CC(=O)O)C(=O)C1(CCC)CCC1. The summed E-state index contributed by atoms with van der Waals surface area (Å²) in [6.07, 6.45) is 5.64. The second-order valence-electron chi connectivity index (χ2n) is 5.00. The third-order valence-electron chi connectivity index (χ3n) is 3.60. The maximum absolute atomic E-state index is 12.4. The molecule has 0 aromatic carbocycles. The molecule has 0 heterocycles. The smallest absolute Gasteiger partial charge is 0.323 e. The molecule has 1 rings (SSSR count). The molecule has 0 unspecified atom stereocenters. The molecule has 1 fully saturated rings. The molecular formula is C13H23NO3. The van der Waals surface area contributed by atoms with Crippen LogP contribution in [0.3, 0.4) is 0 Å². The number of aliphatic carboxylic acids is 1. The van der Waals surface area contributed by atoms with Crippen molar-refractivity contribution in [2.75, 3.05) is 13.1 Å². The Morgan fingerprint density at radius 2 is 1.88 bits per heavy atom. The summed E-state index contributed by atoms with van der Waals surface area (Å²) in [5.41, 5.74) is -0.237. The van der Waals surface area contributed by atoms with E-state index in [1.807, 2.05) is 6.92 Å². The Kier molecular flexibility index (Phi) is 4.97. The summed E-state index contributed by atoms with van der Waals surface area (Å²) >= 11 is 0. The zero-order chi connectivity index (χ0) is 12.9. The molecule has 0 atom stereocenters. The van der Waals surface area contributed by atoms with E-state index in [1.54, 1.807) is 0 Å². The number of carbonyl (C=O) groups is 2. The van der Waals surface area contributed by atoms with Crippen LogP contribution in [0.5, 0.6) is 0 Å². The summed E-state index contributed by atoms with van der Waals surface area (Å²) in [5, 5.41) is 8.85. The van der Waals surface area contributed by atoms with E-state index >= 15 is 0 Å². The van der Waals surface area contributed by atoms with Crippen LogP contribution in [0.25, 0.3) is 0 Å². The Bertz CT molecular complexity index is 284. The van der Waals surface area contributed by atoms with Crippen LogP contribution in [-0.2, 0) is 9.59 Å². The van der Waals surface area contributed by atoms with Gasteiger partial charge < -0.3 is 10.0 Å². The minimum atomic E-state index is -0.919. The highest BCUT2D eigenvalue weighted by Crippen LogP contribution is 2.46. The van der Waals surface area contributed by atoms with Crippen molar-refractivity contribution in [2.45, 2.75) is 52.4 Å². The van der Waals surface area contributed by atoms with E-state index in [4.69, 9.17) is 5.11 Å². The van der Waals surface area contributed by atoms with E-state index in [2.05, 4.69) is 6.92 Å². The van der Waals surface area contributed by atoms with Crippen molar-refractivity contribution >= 4 is 11.9 Å². The molecule has 1 aliphatic carbocycles. The third-order valence-corrected chi connectivity index (χ3v) is 3.60. The molecule has 4 heteroatoms. The molecule has 0 aromatic rings. The summed E-state index contributed by atoms with van der Waals surface area (Å²) in [5.74, 6) is -0.854. The number of hydrogen-bond acceptors (Lipinski definition) is 2. The molecule has 1 N–H and O–H groups in total. The van der Waals surface area contributed by atoms with E-state index in [0.717, 1.165) is 38.5 Å². The standard InChI is InChI=1S/C13H23NO3/c1-3-6-13(7-5-8-13)12(17)14(9-4-2)10-11(15)16/h3-10H2,1-2H3,(H,15,16). The number of rotatable bonds is 7. The van der Waals surface area contributed by atoms with Crippen LogP contribution in [-0.4, -0.2) is 35.0 Å². The number of carboxylic acids is 1. The van der Waals surface area contributed by atoms with Gasteiger partial charge in [-0.05, 0) is 25.7 Å². The van der Waals surface area contributed by atoms with E-state index < -0.39 is 5.97 Å². The molecule has 98 valence electrons. The molecule has 1 amide bonds. The quantitative estimate of drug-likeness (QED) is 0.744. The summed E-state index contributed by atoms with van der Waals surface area (Å²) in [7, 11) is 0. The molecule has 0 radical (unpaired) electrons. The Hall–Kier alpha value is -1.06. The Morgan fingerprint density at radius 1 is 1.24 bits per heavy atom. The van der Waals surface area contributed by atoms with E-state index in [0.29, 0.717) is 6.54 Å². The maximum atomic E-state index is 12.4. The number of carbonyl (C=O) groups excluding carboxylic acids is 1. The van der Waals surface area contributed by atoms with Crippen LogP contribution in [0, 0.1) is 5.41 Å². The first-order valence-corrected chi connectivity index (χ1v) is 6.57. The maximum Gasteiger partial charge on any atom is 0.323 e. The van der Waals surface area contributed by atoms with Crippen LogP contribution in [0.15, 0.2) is 0 Å². The first kappa shape index (κ1) is 14.0. The van der Waals surface area contributed by atoms with Crippen molar-refractivity contribution in [2.24, 2.45) is 5.41 Å². The van der Waals surface area contributed by atoms with Crippen LogP contribution in [0.2, 0.25) is 0 Å². The fourth-order valence-corrected chi connectivity index (χ4v) is 2.67. The van der Waals surface area contributed by atoms with Gasteiger partial charge in [0.2, 0.25) is 5.91 Å².